The highest BCUT2D eigenvalue weighted by Gasteiger charge is 2.20. The van der Waals surface area contributed by atoms with Crippen molar-refractivity contribution < 1.29 is 9.59 Å². The summed E-state index contributed by atoms with van der Waals surface area (Å²) in [4.78, 5) is 25.5. The molecule has 0 spiro atoms. The summed E-state index contributed by atoms with van der Waals surface area (Å²) in [7, 11) is 3.85. The molecule has 0 fully saturated rings. The lowest BCUT2D eigenvalue weighted by atomic mass is 9.99. The Morgan fingerprint density at radius 2 is 2.05 bits per heavy atom. The van der Waals surface area contributed by atoms with Crippen molar-refractivity contribution in [2.75, 3.05) is 19.4 Å². The monoisotopic (exact) mass is 272 g/mol. The van der Waals surface area contributed by atoms with Gasteiger partial charge in [0.15, 0.2) is 5.78 Å². The van der Waals surface area contributed by atoms with Gasteiger partial charge in [0.1, 0.15) is 0 Å². The van der Waals surface area contributed by atoms with Gasteiger partial charge in [-0.1, -0.05) is 0 Å². The van der Waals surface area contributed by atoms with E-state index in [2.05, 4.69) is 5.32 Å². The van der Waals surface area contributed by atoms with E-state index in [1.807, 2.05) is 37.3 Å². The number of carbonyl (C=O) groups is 2. The second-order valence-electron chi connectivity index (χ2n) is 5.35. The Labute approximate surface area is 119 Å². The molecule has 2 rings (SSSR count). The quantitative estimate of drug-likeness (QED) is 0.665. The molecule has 106 valence electrons. The third-order valence-corrected chi connectivity index (χ3v) is 3.27. The van der Waals surface area contributed by atoms with Gasteiger partial charge >= 0.3 is 0 Å². The summed E-state index contributed by atoms with van der Waals surface area (Å²) >= 11 is 0. The Morgan fingerprint density at radius 1 is 1.30 bits per heavy atom. The van der Waals surface area contributed by atoms with Crippen LogP contribution in [0, 0.1) is 0 Å². The van der Waals surface area contributed by atoms with Crippen LogP contribution in [-0.4, -0.2) is 30.7 Å². The van der Waals surface area contributed by atoms with Crippen LogP contribution < -0.4 is 5.32 Å². The van der Waals surface area contributed by atoms with Crippen molar-refractivity contribution >= 4 is 17.4 Å². The van der Waals surface area contributed by atoms with E-state index in [4.69, 9.17) is 0 Å². The topological polar surface area (TPSA) is 49.4 Å². The van der Waals surface area contributed by atoms with Crippen molar-refractivity contribution in [2.45, 2.75) is 26.2 Å². The van der Waals surface area contributed by atoms with Crippen molar-refractivity contribution in [2.24, 2.45) is 0 Å². The zero-order valence-electron chi connectivity index (χ0n) is 12.2. The van der Waals surface area contributed by atoms with Gasteiger partial charge in [-0.2, -0.15) is 0 Å². The molecule has 4 nitrogen and oxygen atoms in total. The molecule has 0 atom stereocenters. The predicted octanol–water partition coefficient (Wildman–Crippen LogP) is 2.61. The number of anilines is 1. The molecule has 1 N–H and O–H groups in total. The fraction of sp³-hybridized carbons (Fsp3) is 0.375. The number of nitrogens with one attached hydrogen (secondary N) is 1. The highest BCUT2D eigenvalue weighted by Crippen LogP contribution is 2.26. The molecular formula is C16H20N2O2. The number of carbonyl (C=O) groups excluding carboxylic acids is 2. The third-order valence-electron chi connectivity index (χ3n) is 3.27. The van der Waals surface area contributed by atoms with Crippen LogP contribution in [0.15, 0.2) is 30.0 Å². The van der Waals surface area contributed by atoms with E-state index < -0.39 is 0 Å². The van der Waals surface area contributed by atoms with E-state index in [0.717, 1.165) is 41.6 Å². The van der Waals surface area contributed by atoms with Gasteiger partial charge in [0.2, 0.25) is 5.91 Å². The molecule has 1 aliphatic rings. The molecule has 0 aromatic heterocycles. The summed E-state index contributed by atoms with van der Waals surface area (Å²) in [6.45, 7) is 1.48. The van der Waals surface area contributed by atoms with Gasteiger partial charge in [-0.15, -0.1) is 0 Å². The number of nitrogens with zero attached hydrogens (tertiary/aromatic N) is 1. The number of allylic oxidation sites excluding steroid dienone is 1. The van der Waals surface area contributed by atoms with Crippen molar-refractivity contribution in [1.29, 1.82) is 0 Å². The molecule has 20 heavy (non-hydrogen) atoms. The molecule has 0 bridgehead atoms. The van der Waals surface area contributed by atoms with E-state index in [-0.39, 0.29) is 11.7 Å². The SMILES string of the molecule is CC(=O)Nc1ccc2c(c1)CCCC(=CN(C)C)C2=O. The smallest absolute Gasteiger partial charge is 0.221 e. The first-order chi connectivity index (χ1) is 9.47. The Bertz CT molecular complexity index is 574. The number of hydrogen-bond donors (Lipinski definition) is 1. The molecule has 1 amide bonds. The van der Waals surface area contributed by atoms with Crippen molar-refractivity contribution in [1.82, 2.24) is 4.90 Å². The molecule has 0 unspecified atom stereocenters. The molecule has 0 aliphatic heterocycles. The van der Waals surface area contributed by atoms with Crippen molar-refractivity contribution in [3.05, 3.63) is 41.1 Å². The average Bonchev–Trinajstić information content (AvgIpc) is 2.49. The van der Waals surface area contributed by atoms with Crippen LogP contribution in [0.1, 0.15) is 35.7 Å². The lowest BCUT2D eigenvalue weighted by Crippen LogP contribution is -2.10. The molecule has 1 aromatic rings. The third kappa shape index (κ3) is 3.26. The first kappa shape index (κ1) is 14.3. The van der Waals surface area contributed by atoms with Crippen LogP contribution >= 0.6 is 0 Å². The standard InChI is InChI=1S/C16H20N2O2/c1-11(19)17-14-7-8-15-12(9-14)5-4-6-13(16(15)20)10-18(2)3/h7-10H,4-6H2,1-3H3,(H,17,19). The van der Waals surface area contributed by atoms with Crippen LogP contribution in [0.3, 0.4) is 0 Å². The van der Waals surface area contributed by atoms with Gasteiger partial charge in [-0.25, -0.2) is 0 Å². The number of amides is 1. The number of Topliss-reactive ketones (excluding diaryl/α,β-unsaturated/α-hetero) is 1. The van der Waals surface area contributed by atoms with Gasteiger partial charge in [-0.05, 0) is 43.0 Å². The predicted molar refractivity (Wildman–Crippen MR) is 79.8 cm³/mol. The zero-order chi connectivity index (χ0) is 14.7. The highest BCUT2D eigenvalue weighted by atomic mass is 16.1. The van der Waals surface area contributed by atoms with E-state index >= 15 is 0 Å². The largest absolute Gasteiger partial charge is 0.383 e. The van der Waals surface area contributed by atoms with Gasteiger partial charge in [0.25, 0.3) is 0 Å². The molecule has 0 saturated heterocycles. The second-order valence-corrected chi connectivity index (χ2v) is 5.35. The maximum absolute atomic E-state index is 12.5. The van der Waals surface area contributed by atoms with Gasteiger partial charge in [0.05, 0.1) is 0 Å². The number of benzene rings is 1. The van der Waals surface area contributed by atoms with Crippen molar-refractivity contribution in [3.63, 3.8) is 0 Å². The minimum Gasteiger partial charge on any atom is -0.383 e. The summed E-state index contributed by atoms with van der Waals surface area (Å²) in [5.74, 6) is -0.00124. The van der Waals surface area contributed by atoms with E-state index in [9.17, 15) is 9.59 Å². The number of hydrogen-bond acceptors (Lipinski definition) is 3. The summed E-state index contributed by atoms with van der Waals surface area (Å²) in [5, 5.41) is 2.76. The minimum absolute atomic E-state index is 0.0978. The van der Waals surface area contributed by atoms with Crippen molar-refractivity contribution in [3.8, 4) is 0 Å². The van der Waals surface area contributed by atoms with Crippen LogP contribution in [0.2, 0.25) is 0 Å². The Morgan fingerprint density at radius 3 is 2.70 bits per heavy atom. The fourth-order valence-corrected chi connectivity index (χ4v) is 2.49. The van der Waals surface area contributed by atoms with E-state index in [0.29, 0.717) is 0 Å². The molecular weight excluding hydrogens is 252 g/mol. The summed E-state index contributed by atoms with van der Waals surface area (Å²) in [5.41, 5.74) is 3.37. The van der Waals surface area contributed by atoms with Crippen LogP contribution in [0.25, 0.3) is 0 Å². The maximum atomic E-state index is 12.5. The summed E-state index contributed by atoms with van der Waals surface area (Å²) in [6.07, 6.45) is 4.50. The normalized spacial score (nSPS) is 16.6. The first-order valence-corrected chi connectivity index (χ1v) is 6.79. The Kier molecular flexibility index (Phi) is 4.23. The number of rotatable bonds is 2. The zero-order valence-corrected chi connectivity index (χ0v) is 12.2. The molecule has 1 aromatic carbocycles. The average molecular weight is 272 g/mol. The van der Waals surface area contributed by atoms with E-state index in [1.54, 1.807) is 6.07 Å². The first-order valence-electron chi connectivity index (χ1n) is 6.79. The highest BCUT2D eigenvalue weighted by molar-refractivity contribution is 6.10. The van der Waals surface area contributed by atoms with Gasteiger partial charge in [0, 0.05) is 44.0 Å². The van der Waals surface area contributed by atoms with Gasteiger partial charge < -0.3 is 10.2 Å². The van der Waals surface area contributed by atoms with Crippen LogP contribution in [-0.2, 0) is 11.2 Å². The Balaban J connectivity index is 2.36. The molecule has 0 heterocycles. The van der Waals surface area contributed by atoms with Gasteiger partial charge in [-0.3, -0.25) is 9.59 Å². The van der Waals surface area contributed by atoms with Crippen LogP contribution in [0.4, 0.5) is 5.69 Å². The lowest BCUT2D eigenvalue weighted by Gasteiger charge is -2.10. The number of ketones is 1. The fourth-order valence-electron chi connectivity index (χ4n) is 2.49. The second kappa shape index (κ2) is 5.90. The summed E-state index contributed by atoms with van der Waals surface area (Å²) < 4.78 is 0. The molecule has 1 aliphatic carbocycles. The molecule has 0 saturated carbocycles. The lowest BCUT2D eigenvalue weighted by molar-refractivity contribution is -0.114. The molecule has 4 heteroatoms. The summed E-state index contributed by atoms with van der Waals surface area (Å²) in [6, 6.07) is 5.52. The Hall–Kier alpha value is -2.10. The van der Waals surface area contributed by atoms with Crippen LogP contribution in [0.5, 0.6) is 0 Å². The van der Waals surface area contributed by atoms with E-state index in [1.165, 1.54) is 6.92 Å². The minimum atomic E-state index is -0.0990. The maximum Gasteiger partial charge on any atom is 0.221 e. The number of fused-ring (bicyclic) bond motifs is 1. The molecule has 0 radical (unpaired) electrons. The number of aryl methyl sites for hydroxylation is 1.